The van der Waals surface area contributed by atoms with Crippen molar-refractivity contribution in [1.29, 1.82) is 0 Å². The highest BCUT2D eigenvalue weighted by atomic mass is 16.4. The van der Waals surface area contributed by atoms with E-state index < -0.39 is 23.3 Å². The van der Waals surface area contributed by atoms with Gasteiger partial charge in [0, 0.05) is 0 Å². The fourth-order valence-electron chi connectivity index (χ4n) is 3.03. The van der Waals surface area contributed by atoms with E-state index in [9.17, 15) is 19.5 Å². The van der Waals surface area contributed by atoms with Crippen LogP contribution in [0.1, 0.15) is 58.5 Å². The number of imide groups is 1. The van der Waals surface area contributed by atoms with Gasteiger partial charge in [0.2, 0.25) is 0 Å². The molecule has 1 heterocycles. The summed E-state index contributed by atoms with van der Waals surface area (Å²) in [6.07, 6.45) is 0.366. The molecule has 2 rings (SSSR count). The summed E-state index contributed by atoms with van der Waals surface area (Å²) >= 11 is 0. The first-order valence-corrected chi connectivity index (χ1v) is 7.04. The second-order valence-corrected chi connectivity index (χ2v) is 5.44. The molecule has 5 heteroatoms. The van der Waals surface area contributed by atoms with Gasteiger partial charge in [0.1, 0.15) is 5.54 Å². The van der Waals surface area contributed by atoms with Crippen LogP contribution in [0.2, 0.25) is 0 Å². The summed E-state index contributed by atoms with van der Waals surface area (Å²) < 4.78 is 0. The van der Waals surface area contributed by atoms with Crippen LogP contribution in [0.4, 0.5) is 0 Å². The van der Waals surface area contributed by atoms with Gasteiger partial charge in [0.25, 0.3) is 11.8 Å². The number of rotatable bonds is 4. The van der Waals surface area contributed by atoms with E-state index in [0.29, 0.717) is 22.3 Å². The van der Waals surface area contributed by atoms with Crippen LogP contribution in [0.5, 0.6) is 0 Å². The number of hydrogen-bond donors (Lipinski definition) is 1. The zero-order valence-corrected chi connectivity index (χ0v) is 12.7. The second-order valence-electron chi connectivity index (χ2n) is 5.44. The van der Waals surface area contributed by atoms with Crippen LogP contribution in [-0.2, 0) is 4.79 Å². The molecule has 0 radical (unpaired) electrons. The highest BCUT2D eigenvalue weighted by Gasteiger charge is 2.52. The number of carboxylic acids is 1. The van der Waals surface area contributed by atoms with E-state index in [1.165, 1.54) is 0 Å². The molecule has 1 aromatic carbocycles. The molecule has 0 unspecified atom stereocenters. The monoisotopic (exact) mass is 289 g/mol. The molecule has 21 heavy (non-hydrogen) atoms. The average Bonchev–Trinajstić information content (AvgIpc) is 2.71. The Morgan fingerprint density at radius 3 is 1.71 bits per heavy atom. The summed E-state index contributed by atoms with van der Waals surface area (Å²) in [4.78, 5) is 38.1. The van der Waals surface area contributed by atoms with Crippen LogP contribution in [0, 0.1) is 13.8 Å². The standard InChI is InChI=1S/C16H19NO4/c1-5-16(6-2,15(20)21)17-13(18)11-9(3)7-8-10(4)12(11)14(17)19/h7-8H,5-6H2,1-4H3,(H,20,21). The number of hydrogen-bond acceptors (Lipinski definition) is 3. The number of carboxylic acid groups (broad SMARTS) is 1. The van der Waals surface area contributed by atoms with Gasteiger partial charge >= 0.3 is 5.97 Å². The quantitative estimate of drug-likeness (QED) is 0.864. The second kappa shape index (κ2) is 4.98. The van der Waals surface area contributed by atoms with Crippen molar-refractivity contribution in [2.45, 2.75) is 46.1 Å². The van der Waals surface area contributed by atoms with E-state index in [0.717, 1.165) is 4.90 Å². The molecule has 0 fully saturated rings. The molecule has 112 valence electrons. The summed E-state index contributed by atoms with van der Waals surface area (Å²) in [6, 6.07) is 3.56. The van der Waals surface area contributed by atoms with Crippen molar-refractivity contribution in [3.05, 3.63) is 34.4 Å². The third-order valence-electron chi connectivity index (χ3n) is 4.45. The summed E-state index contributed by atoms with van der Waals surface area (Å²) in [6.45, 7) is 6.88. The Bertz CT molecular complexity index is 603. The van der Waals surface area contributed by atoms with Gasteiger partial charge in [-0.2, -0.15) is 0 Å². The van der Waals surface area contributed by atoms with Crippen LogP contribution in [0.25, 0.3) is 0 Å². The molecule has 1 N–H and O–H groups in total. The number of carbonyl (C=O) groups is 3. The Morgan fingerprint density at radius 1 is 1.05 bits per heavy atom. The van der Waals surface area contributed by atoms with E-state index in [1.807, 2.05) is 0 Å². The molecular formula is C16H19NO4. The molecule has 0 bridgehead atoms. The Balaban J connectivity index is 2.69. The Morgan fingerprint density at radius 2 is 1.43 bits per heavy atom. The molecule has 0 aliphatic carbocycles. The topological polar surface area (TPSA) is 74.7 Å². The largest absolute Gasteiger partial charge is 0.479 e. The average molecular weight is 289 g/mol. The molecule has 1 aromatic rings. The predicted octanol–water partition coefficient (Wildman–Crippen LogP) is 2.54. The molecule has 0 spiro atoms. The van der Waals surface area contributed by atoms with Gasteiger partial charge in [-0.05, 0) is 37.8 Å². The maximum absolute atomic E-state index is 12.7. The third kappa shape index (κ3) is 1.87. The minimum absolute atomic E-state index is 0.183. The van der Waals surface area contributed by atoms with Crippen LogP contribution in [0.15, 0.2) is 12.1 Å². The van der Waals surface area contributed by atoms with E-state index in [4.69, 9.17) is 0 Å². The maximum atomic E-state index is 12.7. The van der Waals surface area contributed by atoms with Gasteiger partial charge in [-0.15, -0.1) is 0 Å². The van der Waals surface area contributed by atoms with Gasteiger partial charge in [-0.1, -0.05) is 26.0 Å². The molecule has 0 aromatic heterocycles. The lowest BCUT2D eigenvalue weighted by Gasteiger charge is -2.35. The van der Waals surface area contributed by atoms with Crippen LogP contribution >= 0.6 is 0 Å². The fraction of sp³-hybridized carbons (Fsp3) is 0.438. The number of aryl methyl sites for hydroxylation is 2. The first-order chi connectivity index (χ1) is 9.81. The van der Waals surface area contributed by atoms with Gasteiger partial charge in [-0.25, -0.2) is 4.79 Å². The molecule has 0 saturated heterocycles. The number of amides is 2. The number of nitrogens with zero attached hydrogens (tertiary/aromatic N) is 1. The van der Waals surface area contributed by atoms with E-state index >= 15 is 0 Å². The predicted molar refractivity (Wildman–Crippen MR) is 77.4 cm³/mol. The number of aliphatic carboxylic acids is 1. The Labute approximate surface area is 123 Å². The van der Waals surface area contributed by atoms with Crippen LogP contribution < -0.4 is 0 Å². The first kappa shape index (κ1) is 15.2. The first-order valence-electron chi connectivity index (χ1n) is 7.04. The lowest BCUT2D eigenvalue weighted by atomic mass is 9.90. The summed E-state index contributed by atoms with van der Waals surface area (Å²) in [5.74, 6) is -2.14. The molecule has 0 saturated carbocycles. The molecule has 1 aliphatic rings. The highest BCUT2D eigenvalue weighted by molar-refractivity contribution is 6.24. The fourth-order valence-corrected chi connectivity index (χ4v) is 3.03. The van der Waals surface area contributed by atoms with Gasteiger partial charge in [0.05, 0.1) is 11.1 Å². The normalized spacial score (nSPS) is 14.6. The highest BCUT2D eigenvalue weighted by Crippen LogP contribution is 2.36. The minimum Gasteiger partial charge on any atom is -0.479 e. The molecule has 2 amide bonds. The van der Waals surface area contributed by atoms with Crippen molar-refractivity contribution >= 4 is 17.8 Å². The van der Waals surface area contributed by atoms with E-state index in [1.54, 1.807) is 39.8 Å². The minimum atomic E-state index is -1.48. The van der Waals surface area contributed by atoms with E-state index in [2.05, 4.69) is 0 Å². The van der Waals surface area contributed by atoms with Gasteiger partial charge in [-0.3, -0.25) is 14.5 Å². The maximum Gasteiger partial charge on any atom is 0.330 e. The molecular weight excluding hydrogens is 270 g/mol. The number of fused-ring (bicyclic) bond motifs is 1. The van der Waals surface area contributed by atoms with Crippen LogP contribution in [-0.4, -0.2) is 33.3 Å². The third-order valence-corrected chi connectivity index (χ3v) is 4.45. The van der Waals surface area contributed by atoms with Crippen LogP contribution in [0.3, 0.4) is 0 Å². The molecule has 1 aliphatic heterocycles. The molecule has 0 atom stereocenters. The summed E-state index contributed by atoms with van der Waals surface area (Å²) in [5.41, 5.74) is 0.595. The zero-order valence-electron chi connectivity index (χ0n) is 12.7. The van der Waals surface area contributed by atoms with Crippen molar-refractivity contribution in [2.75, 3.05) is 0 Å². The van der Waals surface area contributed by atoms with Crippen molar-refractivity contribution < 1.29 is 19.5 Å². The SMILES string of the molecule is CCC(CC)(C(=O)O)N1C(=O)c2c(C)ccc(C)c2C1=O. The van der Waals surface area contributed by atoms with Gasteiger partial charge < -0.3 is 5.11 Å². The molecule has 5 nitrogen and oxygen atoms in total. The Kier molecular flexibility index (Phi) is 3.61. The van der Waals surface area contributed by atoms with Crippen molar-refractivity contribution in [3.8, 4) is 0 Å². The lowest BCUT2D eigenvalue weighted by Crippen LogP contribution is -2.56. The van der Waals surface area contributed by atoms with Gasteiger partial charge in [0.15, 0.2) is 0 Å². The zero-order chi connectivity index (χ0) is 15.9. The Hall–Kier alpha value is -2.17. The smallest absolute Gasteiger partial charge is 0.330 e. The van der Waals surface area contributed by atoms with Crippen molar-refractivity contribution in [1.82, 2.24) is 4.90 Å². The van der Waals surface area contributed by atoms with Crippen molar-refractivity contribution in [2.24, 2.45) is 0 Å². The lowest BCUT2D eigenvalue weighted by molar-refractivity contribution is -0.149. The summed E-state index contributed by atoms with van der Waals surface area (Å²) in [5, 5.41) is 9.59. The number of carbonyl (C=O) groups excluding carboxylic acids is 2. The number of benzene rings is 1. The van der Waals surface area contributed by atoms with Crippen molar-refractivity contribution in [3.63, 3.8) is 0 Å². The summed E-state index contributed by atoms with van der Waals surface area (Å²) in [7, 11) is 0. The van der Waals surface area contributed by atoms with E-state index in [-0.39, 0.29) is 12.8 Å².